The van der Waals surface area contributed by atoms with Crippen LogP contribution in [0.5, 0.6) is 5.75 Å². The molecule has 0 fully saturated rings. The van der Waals surface area contributed by atoms with E-state index in [1.165, 1.54) is 0 Å². The smallest absolute Gasteiger partial charge is 0.240 e. The predicted molar refractivity (Wildman–Crippen MR) is 87.6 cm³/mol. The van der Waals surface area contributed by atoms with Crippen LogP contribution in [-0.2, 0) is 4.79 Å². The van der Waals surface area contributed by atoms with Gasteiger partial charge in [-0.1, -0.05) is 40.9 Å². The number of alkyl halides is 3. The Labute approximate surface area is 138 Å². The van der Waals surface area contributed by atoms with Gasteiger partial charge in [0, 0.05) is 24.7 Å². The maximum Gasteiger partial charge on any atom is 0.240 e. The number of hydrogen-bond acceptors (Lipinski definition) is 4. The highest BCUT2D eigenvalue weighted by Gasteiger charge is 2.15. The lowest BCUT2D eigenvalue weighted by atomic mass is 10.2. The van der Waals surface area contributed by atoms with Crippen LogP contribution in [0.2, 0.25) is 0 Å². The van der Waals surface area contributed by atoms with E-state index in [0.29, 0.717) is 19.4 Å². The SMILES string of the molecule is COc1cccc(NCCCC(=O)N/N=C/C(Cl)(Cl)Cl)c1. The molecule has 0 spiro atoms. The number of nitrogens with zero attached hydrogens (tertiary/aromatic N) is 1. The molecule has 116 valence electrons. The first-order valence-electron chi connectivity index (χ1n) is 6.18. The minimum absolute atomic E-state index is 0.243. The maximum absolute atomic E-state index is 11.4. The number of anilines is 1. The van der Waals surface area contributed by atoms with Gasteiger partial charge in [0.15, 0.2) is 0 Å². The summed E-state index contributed by atoms with van der Waals surface area (Å²) in [5, 5.41) is 6.74. The van der Waals surface area contributed by atoms with Gasteiger partial charge in [0.1, 0.15) is 5.75 Å². The van der Waals surface area contributed by atoms with Crippen LogP contribution in [0.1, 0.15) is 12.8 Å². The predicted octanol–water partition coefficient (Wildman–Crippen LogP) is 3.36. The lowest BCUT2D eigenvalue weighted by Gasteiger charge is -2.07. The molecule has 1 amide bonds. The van der Waals surface area contributed by atoms with E-state index in [9.17, 15) is 4.79 Å². The average Bonchev–Trinajstić information content (AvgIpc) is 2.42. The highest BCUT2D eigenvalue weighted by atomic mass is 35.6. The van der Waals surface area contributed by atoms with Crippen LogP contribution >= 0.6 is 34.8 Å². The van der Waals surface area contributed by atoms with Crippen LogP contribution in [0.3, 0.4) is 0 Å². The van der Waals surface area contributed by atoms with Gasteiger partial charge in [0.05, 0.1) is 13.3 Å². The van der Waals surface area contributed by atoms with E-state index < -0.39 is 3.79 Å². The standard InChI is InChI=1S/C13H16Cl3N3O2/c1-21-11-5-2-4-10(8-11)17-7-3-6-12(20)19-18-9-13(14,15)16/h2,4-5,8-9,17H,3,6-7H2,1H3,(H,19,20)/b18-9+. The van der Waals surface area contributed by atoms with Gasteiger partial charge in [-0.2, -0.15) is 5.10 Å². The molecular formula is C13H16Cl3N3O2. The van der Waals surface area contributed by atoms with Gasteiger partial charge in [-0.05, 0) is 18.6 Å². The summed E-state index contributed by atoms with van der Waals surface area (Å²) in [5.74, 6) is 0.534. The number of methoxy groups -OCH3 is 1. The molecule has 0 aliphatic rings. The lowest BCUT2D eigenvalue weighted by molar-refractivity contribution is -0.121. The van der Waals surface area contributed by atoms with Gasteiger partial charge in [-0.15, -0.1) is 0 Å². The number of amides is 1. The zero-order valence-electron chi connectivity index (χ0n) is 11.4. The molecule has 5 nitrogen and oxygen atoms in total. The maximum atomic E-state index is 11.4. The molecule has 0 aromatic heterocycles. The summed E-state index contributed by atoms with van der Waals surface area (Å²) < 4.78 is 3.51. The van der Waals surface area contributed by atoms with E-state index in [-0.39, 0.29) is 5.91 Å². The molecule has 0 saturated carbocycles. The van der Waals surface area contributed by atoms with Crippen molar-refractivity contribution in [2.75, 3.05) is 19.0 Å². The fourth-order valence-electron chi connectivity index (χ4n) is 1.45. The third-order valence-electron chi connectivity index (χ3n) is 2.38. The van der Waals surface area contributed by atoms with Gasteiger partial charge in [0.25, 0.3) is 0 Å². The Balaban J connectivity index is 2.21. The van der Waals surface area contributed by atoms with Crippen LogP contribution in [0.4, 0.5) is 5.69 Å². The molecule has 0 bridgehead atoms. The normalized spacial score (nSPS) is 11.4. The van der Waals surface area contributed by atoms with Gasteiger partial charge in [0.2, 0.25) is 9.70 Å². The zero-order valence-corrected chi connectivity index (χ0v) is 13.7. The first kappa shape index (κ1) is 17.9. The van der Waals surface area contributed by atoms with Crippen molar-refractivity contribution in [1.29, 1.82) is 0 Å². The molecule has 1 aromatic rings. The van der Waals surface area contributed by atoms with Crippen LogP contribution in [0.25, 0.3) is 0 Å². The molecule has 0 aliphatic heterocycles. The number of benzene rings is 1. The molecule has 2 N–H and O–H groups in total. The molecule has 1 rings (SSSR count). The molecule has 0 heterocycles. The lowest BCUT2D eigenvalue weighted by Crippen LogP contribution is -2.20. The minimum atomic E-state index is -1.61. The molecule has 8 heteroatoms. The number of carbonyl (C=O) groups is 1. The summed E-state index contributed by atoms with van der Waals surface area (Å²) in [7, 11) is 1.61. The average molecular weight is 353 g/mol. The highest BCUT2D eigenvalue weighted by molar-refractivity contribution is 6.74. The second kappa shape index (κ2) is 8.97. The minimum Gasteiger partial charge on any atom is -0.497 e. The van der Waals surface area contributed by atoms with Crippen molar-refractivity contribution in [3.05, 3.63) is 24.3 Å². The quantitative estimate of drug-likeness (QED) is 0.342. The summed E-state index contributed by atoms with van der Waals surface area (Å²) in [6.07, 6.45) is 1.99. The molecule has 0 unspecified atom stereocenters. The summed E-state index contributed by atoms with van der Waals surface area (Å²) in [4.78, 5) is 11.4. The number of hydrogen-bond donors (Lipinski definition) is 2. The van der Waals surface area contributed by atoms with Crippen molar-refractivity contribution in [2.45, 2.75) is 16.6 Å². The monoisotopic (exact) mass is 351 g/mol. The Kier molecular flexibility index (Phi) is 7.64. The summed E-state index contributed by atoms with van der Waals surface area (Å²) in [5.41, 5.74) is 3.22. The van der Waals surface area contributed by atoms with Crippen LogP contribution in [0, 0.1) is 0 Å². The number of hydrazone groups is 1. The topological polar surface area (TPSA) is 62.7 Å². The molecule has 0 radical (unpaired) electrons. The molecular weight excluding hydrogens is 337 g/mol. The summed E-state index contributed by atoms with van der Waals surface area (Å²) >= 11 is 16.3. The van der Waals surface area contributed by atoms with E-state index in [4.69, 9.17) is 39.5 Å². The van der Waals surface area contributed by atoms with Crippen molar-refractivity contribution < 1.29 is 9.53 Å². The van der Waals surface area contributed by atoms with E-state index in [1.54, 1.807) is 7.11 Å². The number of rotatable bonds is 7. The first-order valence-corrected chi connectivity index (χ1v) is 7.32. The summed E-state index contributed by atoms with van der Waals surface area (Å²) in [6.45, 7) is 0.648. The molecule has 21 heavy (non-hydrogen) atoms. The Morgan fingerprint density at radius 3 is 2.86 bits per heavy atom. The first-order chi connectivity index (χ1) is 9.90. The zero-order chi connectivity index (χ0) is 15.7. The fourth-order valence-corrected chi connectivity index (χ4v) is 1.59. The Bertz CT molecular complexity index is 490. The molecule has 0 aliphatic carbocycles. The van der Waals surface area contributed by atoms with E-state index in [0.717, 1.165) is 17.7 Å². The van der Waals surface area contributed by atoms with Crippen LogP contribution in [-0.4, -0.2) is 29.6 Å². The molecule has 1 aromatic carbocycles. The van der Waals surface area contributed by atoms with E-state index in [2.05, 4.69) is 15.8 Å². The summed E-state index contributed by atoms with van der Waals surface area (Å²) in [6, 6.07) is 7.56. The van der Waals surface area contributed by atoms with Gasteiger partial charge in [-0.3, -0.25) is 4.79 Å². The van der Waals surface area contributed by atoms with Crippen molar-refractivity contribution in [3.8, 4) is 5.75 Å². The number of ether oxygens (including phenoxy) is 1. The highest BCUT2D eigenvalue weighted by Crippen LogP contribution is 2.22. The van der Waals surface area contributed by atoms with E-state index >= 15 is 0 Å². The van der Waals surface area contributed by atoms with Crippen LogP contribution < -0.4 is 15.5 Å². The van der Waals surface area contributed by atoms with Gasteiger partial charge < -0.3 is 10.1 Å². The molecule has 0 saturated heterocycles. The van der Waals surface area contributed by atoms with Crippen molar-refractivity contribution in [1.82, 2.24) is 5.43 Å². The van der Waals surface area contributed by atoms with Crippen molar-refractivity contribution in [3.63, 3.8) is 0 Å². The van der Waals surface area contributed by atoms with Crippen molar-refractivity contribution in [2.24, 2.45) is 5.10 Å². The fraction of sp³-hybridized carbons (Fsp3) is 0.385. The largest absolute Gasteiger partial charge is 0.497 e. The Morgan fingerprint density at radius 2 is 2.19 bits per heavy atom. The number of carbonyl (C=O) groups excluding carboxylic acids is 1. The number of halogens is 3. The van der Waals surface area contributed by atoms with Gasteiger partial charge >= 0.3 is 0 Å². The second-order valence-electron chi connectivity index (χ2n) is 4.10. The van der Waals surface area contributed by atoms with E-state index in [1.807, 2.05) is 24.3 Å². The van der Waals surface area contributed by atoms with Gasteiger partial charge in [-0.25, -0.2) is 5.43 Å². The van der Waals surface area contributed by atoms with Crippen molar-refractivity contribution >= 4 is 52.6 Å². The molecule has 0 atom stereocenters. The third-order valence-corrected chi connectivity index (χ3v) is 2.67. The second-order valence-corrected chi connectivity index (χ2v) is 6.47. The third kappa shape index (κ3) is 8.65. The Morgan fingerprint density at radius 1 is 1.43 bits per heavy atom. The number of nitrogens with one attached hydrogen (secondary N) is 2. The Hall–Kier alpha value is -1.17. The van der Waals surface area contributed by atoms with Crippen LogP contribution in [0.15, 0.2) is 29.4 Å².